The normalized spacial score (nSPS) is 27.4. The number of benzene rings is 1. The summed E-state index contributed by atoms with van der Waals surface area (Å²) in [6.45, 7) is 1.86. The maximum absolute atomic E-state index is 10.4. The molecule has 0 radical (unpaired) electrons. The summed E-state index contributed by atoms with van der Waals surface area (Å²) in [5.74, 6) is 0.669. The average Bonchev–Trinajstić information content (AvgIpc) is 3.12. The third-order valence-electron chi connectivity index (χ3n) is 4.05. The Hall–Kier alpha value is -1.32. The van der Waals surface area contributed by atoms with Crippen LogP contribution in [0.4, 0.5) is 0 Å². The standard InChI is InChI=1S/C15H19ClN2O6.ClH/c16-10-4-1-2-5-12(10)21-7-3-6-17-11-8-22-15-13(24-18(19)20)9-23-14(11)15;/h1-2,4-5,11,13-15,17H,3,6-9H2;1H/t11-,13-,14+,15+;/m0./s1. The van der Waals surface area contributed by atoms with Crippen molar-refractivity contribution in [2.75, 3.05) is 26.4 Å². The van der Waals surface area contributed by atoms with Gasteiger partial charge in [-0.15, -0.1) is 22.5 Å². The van der Waals surface area contributed by atoms with Crippen LogP contribution in [0.15, 0.2) is 24.3 Å². The molecule has 8 nitrogen and oxygen atoms in total. The Kier molecular flexibility index (Phi) is 7.52. The van der Waals surface area contributed by atoms with Crippen LogP contribution < -0.4 is 10.1 Å². The van der Waals surface area contributed by atoms with Crippen LogP contribution in [0.1, 0.15) is 6.42 Å². The number of ether oxygens (including phenoxy) is 3. The zero-order valence-electron chi connectivity index (χ0n) is 13.3. The van der Waals surface area contributed by atoms with E-state index in [0.717, 1.165) is 6.42 Å². The molecule has 0 aromatic heterocycles. The van der Waals surface area contributed by atoms with E-state index in [1.807, 2.05) is 18.2 Å². The van der Waals surface area contributed by atoms with E-state index in [1.165, 1.54) is 0 Å². The molecule has 2 aliphatic heterocycles. The molecule has 4 atom stereocenters. The van der Waals surface area contributed by atoms with Crippen molar-refractivity contribution in [1.29, 1.82) is 0 Å². The lowest BCUT2D eigenvalue weighted by Crippen LogP contribution is -2.42. The topological polar surface area (TPSA) is 92.1 Å². The van der Waals surface area contributed by atoms with E-state index < -0.39 is 17.3 Å². The monoisotopic (exact) mass is 394 g/mol. The number of hydrogen-bond donors (Lipinski definition) is 1. The Labute approximate surface area is 156 Å². The van der Waals surface area contributed by atoms with Gasteiger partial charge in [0.05, 0.1) is 30.9 Å². The van der Waals surface area contributed by atoms with Gasteiger partial charge < -0.3 is 24.4 Å². The van der Waals surface area contributed by atoms with Crippen LogP contribution in [0.25, 0.3) is 0 Å². The third kappa shape index (κ3) is 5.08. The van der Waals surface area contributed by atoms with Crippen molar-refractivity contribution in [2.45, 2.75) is 30.8 Å². The van der Waals surface area contributed by atoms with Gasteiger partial charge in [-0.2, -0.15) is 0 Å². The average molecular weight is 395 g/mol. The first-order valence-corrected chi connectivity index (χ1v) is 8.18. The van der Waals surface area contributed by atoms with Crippen molar-refractivity contribution in [3.8, 4) is 5.75 Å². The fourth-order valence-electron chi connectivity index (χ4n) is 2.94. The minimum absolute atomic E-state index is 0. The molecule has 0 bridgehead atoms. The predicted octanol–water partition coefficient (Wildman–Crippen LogP) is 1.86. The molecule has 0 saturated carbocycles. The Morgan fingerprint density at radius 3 is 2.80 bits per heavy atom. The Bertz CT molecular complexity index is 579. The molecular weight excluding hydrogens is 375 g/mol. The fraction of sp³-hybridized carbons (Fsp3) is 0.600. The first kappa shape index (κ1) is 20.0. The van der Waals surface area contributed by atoms with Crippen molar-refractivity contribution in [3.05, 3.63) is 39.4 Å². The highest BCUT2D eigenvalue weighted by Crippen LogP contribution is 2.29. The van der Waals surface area contributed by atoms with Gasteiger partial charge in [-0.25, -0.2) is 0 Å². The molecule has 25 heavy (non-hydrogen) atoms. The second kappa shape index (κ2) is 9.40. The number of nitrogens with one attached hydrogen (secondary N) is 1. The van der Waals surface area contributed by atoms with Crippen molar-refractivity contribution >= 4 is 24.0 Å². The second-order valence-corrected chi connectivity index (χ2v) is 6.06. The minimum atomic E-state index is -0.799. The van der Waals surface area contributed by atoms with E-state index in [0.29, 0.717) is 30.5 Å². The number of fused-ring (bicyclic) bond motifs is 1. The van der Waals surface area contributed by atoms with Crippen LogP contribution in [0, 0.1) is 10.1 Å². The van der Waals surface area contributed by atoms with Crippen LogP contribution in [0.5, 0.6) is 5.75 Å². The molecule has 3 rings (SSSR count). The predicted molar refractivity (Wildman–Crippen MR) is 92.0 cm³/mol. The summed E-state index contributed by atoms with van der Waals surface area (Å²) in [5, 5.41) is 13.6. The van der Waals surface area contributed by atoms with E-state index in [2.05, 4.69) is 10.2 Å². The molecule has 0 spiro atoms. The molecule has 2 aliphatic rings. The molecule has 10 heteroatoms. The highest BCUT2D eigenvalue weighted by atomic mass is 35.5. The second-order valence-electron chi connectivity index (χ2n) is 5.66. The van der Waals surface area contributed by atoms with E-state index >= 15 is 0 Å². The zero-order valence-corrected chi connectivity index (χ0v) is 14.9. The first-order chi connectivity index (χ1) is 11.6. The van der Waals surface area contributed by atoms with Crippen molar-refractivity contribution in [3.63, 3.8) is 0 Å². The molecule has 140 valence electrons. The Balaban J connectivity index is 0.00000225. The molecule has 0 aliphatic carbocycles. The maximum Gasteiger partial charge on any atom is 0.294 e. The van der Waals surface area contributed by atoms with Gasteiger partial charge in [0.15, 0.2) is 6.10 Å². The van der Waals surface area contributed by atoms with Crippen LogP contribution in [0.2, 0.25) is 5.02 Å². The molecule has 1 aromatic rings. The smallest absolute Gasteiger partial charge is 0.294 e. The van der Waals surface area contributed by atoms with Crippen LogP contribution in [0.3, 0.4) is 0 Å². The quantitative estimate of drug-likeness (QED) is 0.408. The highest BCUT2D eigenvalue weighted by molar-refractivity contribution is 6.32. The summed E-state index contributed by atoms with van der Waals surface area (Å²) in [5.41, 5.74) is 0. The minimum Gasteiger partial charge on any atom is -0.492 e. The van der Waals surface area contributed by atoms with Gasteiger partial charge in [-0.05, 0) is 25.1 Å². The number of nitrogens with zero attached hydrogens (tertiary/aromatic N) is 1. The summed E-state index contributed by atoms with van der Waals surface area (Å²) < 4.78 is 16.8. The Morgan fingerprint density at radius 2 is 2.04 bits per heavy atom. The number of hydrogen-bond acceptors (Lipinski definition) is 7. The summed E-state index contributed by atoms with van der Waals surface area (Å²) in [4.78, 5) is 15.0. The van der Waals surface area contributed by atoms with Crippen molar-refractivity contribution in [2.24, 2.45) is 0 Å². The highest BCUT2D eigenvalue weighted by Gasteiger charge is 2.49. The van der Waals surface area contributed by atoms with Crippen molar-refractivity contribution < 1.29 is 24.1 Å². The van der Waals surface area contributed by atoms with Crippen LogP contribution in [-0.2, 0) is 14.3 Å². The van der Waals surface area contributed by atoms with E-state index in [1.54, 1.807) is 6.07 Å². The van der Waals surface area contributed by atoms with Gasteiger partial charge in [-0.3, -0.25) is 0 Å². The molecule has 0 unspecified atom stereocenters. The molecule has 1 N–H and O–H groups in total. The molecule has 2 fully saturated rings. The fourth-order valence-corrected chi connectivity index (χ4v) is 3.13. The van der Waals surface area contributed by atoms with Gasteiger partial charge in [0, 0.05) is 0 Å². The van der Waals surface area contributed by atoms with Crippen molar-refractivity contribution in [1.82, 2.24) is 5.32 Å². The molecule has 0 amide bonds. The molecule has 2 heterocycles. The third-order valence-corrected chi connectivity index (χ3v) is 4.36. The van der Waals surface area contributed by atoms with E-state index in [4.69, 9.17) is 25.8 Å². The lowest BCUT2D eigenvalue weighted by Gasteiger charge is -2.17. The summed E-state index contributed by atoms with van der Waals surface area (Å²) in [6, 6.07) is 7.33. The number of para-hydroxylation sites is 1. The van der Waals surface area contributed by atoms with E-state index in [9.17, 15) is 10.1 Å². The molecule has 1 aromatic carbocycles. The Morgan fingerprint density at radius 1 is 1.28 bits per heavy atom. The van der Waals surface area contributed by atoms with Gasteiger partial charge in [0.1, 0.15) is 18.0 Å². The lowest BCUT2D eigenvalue weighted by molar-refractivity contribution is -0.769. The van der Waals surface area contributed by atoms with E-state index in [-0.39, 0.29) is 31.2 Å². The van der Waals surface area contributed by atoms with Gasteiger partial charge >= 0.3 is 0 Å². The largest absolute Gasteiger partial charge is 0.492 e. The summed E-state index contributed by atoms with van der Waals surface area (Å²) in [7, 11) is 0. The zero-order chi connectivity index (χ0) is 16.9. The summed E-state index contributed by atoms with van der Waals surface area (Å²) >= 11 is 6.02. The summed E-state index contributed by atoms with van der Waals surface area (Å²) in [6.07, 6.45) is -0.486. The van der Waals surface area contributed by atoms with Gasteiger partial charge in [0.2, 0.25) is 0 Å². The lowest BCUT2D eigenvalue weighted by atomic mass is 10.1. The number of rotatable bonds is 8. The van der Waals surface area contributed by atoms with Gasteiger partial charge in [0.25, 0.3) is 5.09 Å². The SMILES string of the molecule is Cl.O=[N+]([O-])O[C@H]1CO[C@H]2[C@@H]1OC[C@@H]2NCCCOc1ccccc1Cl. The maximum atomic E-state index is 10.4. The number of halogens is 2. The van der Waals surface area contributed by atoms with Crippen LogP contribution >= 0.6 is 24.0 Å². The first-order valence-electron chi connectivity index (χ1n) is 7.80. The molecule has 2 saturated heterocycles. The molecular formula is C15H20Cl2N2O6. The van der Waals surface area contributed by atoms with Gasteiger partial charge in [-0.1, -0.05) is 23.7 Å². The van der Waals surface area contributed by atoms with Crippen LogP contribution in [-0.4, -0.2) is 55.8 Å².